The molecule has 0 aliphatic carbocycles. The fourth-order valence-electron chi connectivity index (χ4n) is 3.16. The van der Waals surface area contributed by atoms with Crippen LogP contribution in [-0.4, -0.2) is 38.9 Å². The molecule has 8 heteroatoms. The van der Waals surface area contributed by atoms with Gasteiger partial charge in [0.2, 0.25) is 0 Å². The van der Waals surface area contributed by atoms with E-state index >= 15 is 0 Å². The third-order valence-electron chi connectivity index (χ3n) is 4.59. The van der Waals surface area contributed by atoms with Gasteiger partial charge in [0.25, 0.3) is 5.91 Å². The van der Waals surface area contributed by atoms with Crippen molar-refractivity contribution in [3.05, 3.63) is 78.4 Å². The highest BCUT2D eigenvalue weighted by Gasteiger charge is 2.18. The zero-order valence-electron chi connectivity index (χ0n) is 18.6. The summed E-state index contributed by atoms with van der Waals surface area (Å²) in [6, 6.07) is 14.8. The minimum Gasteiger partial charge on any atom is -0.444 e. The second kappa shape index (κ2) is 10.6. The molecule has 0 aliphatic heterocycles. The highest BCUT2D eigenvalue weighted by atomic mass is 16.6. The number of aromatic nitrogens is 3. The second-order valence-electron chi connectivity index (χ2n) is 8.36. The van der Waals surface area contributed by atoms with E-state index in [2.05, 4.69) is 20.7 Å². The van der Waals surface area contributed by atoms with E-state index in [1.807, 2.05) is 63.4 Å². The molecule has 8 nitrogen and oxygen atoms in total. The van der Waals surface area contributed by atoms with Crippen LogP contribution in [0.2, 0.25) is 0 Å². The van der Waals surface area contributed by atoms with E-state index in [1.165, 1.54) is 0 Å². The summed E-state index contributed by atoms with van der Waals surface area (Å²) < 4.78 is 6.93. The Labute approximate surface area is 188 Å². The maximum atomic E-state index is 13.0. The molecule has 0 bridgehead atoms. The molecule has 0 unspecified atom stereocenters. The van der Waals surface area contributed by atoms with Gasteiger partial charge in [-0.3, -0.25) is 9.78 Å². The van der Waals surface area contributed by atoms with Gasteiger partial charge in [0, 0.05) is 25.1 Å². The number of hydrogen-bond acceptors (Lipinski definition) is 5. The van der Waals surface area contributed by atoms with Crippen LogP contribution < -0.4 is 10.6 Å². The summed E-state index contributed by atoms with van der Waals surface area (Å²) in [5, 5.41) is 10.0. The average Bonchev–Trinajstić information content (AvgIpc) is 3.30. The quantitative estimate of drug-likeness (QED) is 0.520. The Balaban J connectivity index is 1.63. The van der Waals surface area contributed by atoms with Gasteiger partial charge < -0.3 is 15.4 Å². The normalized spacial score (nSPS) is 12.1. The van der Waals surface area contributed by atoms with E-state index in [0.29, 0.717) is 25.1 Å². The topological polar surface area (TPSA) is 98.1 Å². The summed E-state index contributed by atoms with van der Waals surface area (Å²) in [7, 11) is 0. The number of carbonyl (C=O) groups excluding carboxylic acids is 2. The smallest absolute Gasteiger partial charge is 0.407 e. The molecule has 0 aliphatic rings. The molecular weight excluding hydrogens is 406 g/mol. The summed E-state index contributed by atoms with van der Waals surface area (Å²) in [4.78, 5) is 29.0. The van der Waals surface area contributed by atoms with Crippen LogP contribution in [0, 0.1) is 0 Å². The van der Waals surface area contributed by atoms with E-state index in [1.54, 1.807) is 29.2 Å². The number of rotatable bonds is 8. The van der Waals surface area contributed by atoms with Gasteiger partial charge >= 0.3 is 6.09 Å². The van der Waals surface area contributed by atoms with Crippen LogP contribution in [0.25, 0.3) is 5.69 Å². The van der Waals surface area contributed by atoms with Gasteiger partial charge in [-0.15, -0.1) is 0 Å². The van der Waals surface area contributed by atoms with Crippen LogP contribution in [-0.2, 0) is 4.74 Å². The van der Waals surface area contributed by atoms with E-state index in [-0.39, 0.29) is 11.9 Å². The predicted octanol–water partition coefficient (Wildman–Crippen LogP) is 4.04. The summed E-state index contributed by atoms with van der Waals surface area (Å²) in [5.74, 6) is -0.270. The lowest BCUT2D eigenvalue weighted by Crippen LogP contribution is -2.34. The summed E-state index contributed by atoms with van der Waals surface area (Å²) in [6.45, 7) is 5.91. The molecular formula is C24H29N5O3. The van der Waals surface area contributed by atoms with Crippen molar-refractivity contribution in [2.24, 2.45) is 0 Å². The molecule has 1 aromatic carbocycles. The van der Waals surface area contributed by atoms with Gasteiger partial charge in [0.05, 0.1) is 11.7 Å². The molecule has 2 amide bonds. The highest BCUT2D eigenvalue weighted by molar-refractivity contribution is 5.93. The van der Waals surface area contributed by atoms with Crippen molar-refractivity contribution in [2.45, 2.75) is 45.3 Å². The lowest BCUT2D eigenvalue weighted by molar-refractivity contribution is 0.0526. The third kappa shape index (κ3) is 6.94. The largest absolute Gasteiger partial charge is 0.444 e. The average molecular weight is 436 g/mol. The van der Waals surface area contributed by atoms with Crippen LogP contribution >= 0.6 is 0 Å². The Hall–Kier alpha value is -3.68. The van der Waals surface area contributed by atoms with Crippen molar-refractivity contribution >= 4 is 12.0 Å². The Kier molecular flexibility index (Phi) is 7.59. The fraction of sp³-hybridized carbons (Fsp3) is 0.333. The molecule has 3 aromatic rings. The number of alkyl carbamates (subject to hydrolysis) is 1. The number of nitrogens with one attached hydrogen (secondary N) is 2. The summed E-state index contributed by atoms with van der Waals surface area (Å²) >= 11 is 0. The molecule has 2 N–H and O–H groups in total. The third-order valence-corrected chi connectivity index (χ3v) is 4.59. The maximum Gasteiger partial charge on any atom is 0.407 e. The molecule has 1 atom stereocenters. The van der Waals surface area contributed by atoms with Gasteiger partial charge in [0.15, 0.2) is 0 Å². The summed E-state index contributed by atoms with van der Waals surface area (Å²) in [5.41, 5.74) is 1.52. The summed E-state index contributed by atoms with van der Waals surface area (Å²) in [6.07, 6.45) is 5.94. The zero-order chi connectivity index (χ0) is 23.0. The second-order valence-corrected chi connectivity index (χ2v) is 8.36. The molecule has 0 radical (unpaired) electrons. The number of ether oxygens (including phenoxy) is 1. The maximum absolute atomic E-state index is 13.0. The van der Waals surface area contributed by atoms with Gasteiger partial charge in [0.1, 0.15) is 11.3 Å². The van der Waals surface area contributed by atoms with Crippen LogP contribution in [0.15, 0.2) is 67.1 Å². The van der Waals surface area contributed by atoms with Crippen LogP contribution in [0.5, 0.6) is 0 Å². The van der Waals surface area contributed by atoms with Crippen molar-refractivity contribution in [2.75, 3.05) is 6.54 Å². The Morgan fingerprint density at radius 2 is 1.88 bits per heavy atom. The predicted molar refractivity (Wildman–Crippen MR) is 121 cm³/mol. The van der Waals surface area contributed by atoms with E-state index in [0.717, 1.165) is 11.3 Å². The zero-order valence-corrected chi connectivity index (χ0v) is 18.6. The highest BCUT2D eigenvalue weighted by Crippen LogP contribution is 2.19. The van der Waals surface area contributed by atoms with Crippen LogP contribution in [0.4, 0.5) is 4.79 Å². The first-order valence-electron chi connectivity index (χ1n) is 10.6. The molecule has 3 rings (SSSR count). The van der Waals surface area contributed by atoms with E-state index < -0.39 is 11.7 Å². The molecule has 168 valence electrons. The molecule has 0 saturated carbocycles. The minimum atomic E-state index is -0.539. The molecule has 0 saturated heterocycles. The molecule has 32 heavy (non-hydrogen) atoms. The van der Waals surface area contributed by atoms with Gasteiger partial charge in [-0.1, -0.05) is 30.3 Å². The Bertz CT molecular complexity index is 1010. The van der Waals surface area contributed by atoms with Crippen molar-refractivity contribution in [3.8, 4) is 5.69 Å². The molecule has 2 aromatic heterocycles. The number of benzene rings is 1. The van der Waals surface area contributed by atoms with E-state index in [9.17, 15) is 9.59 Å². The Morgan fingerprint density at radius 3 is 2.56 bits per heavy atom. The standard InChI is InChI=1S/C24H29N5O3/c1-24(2,3)32-23(31)26-13-7-11-20(18-9-5-4-6-10-18)28-22(30)21-17-19(12-15-25-21)29-16-8-14-27-29/h4-6,8-10,12,14-17,20H,7,11,13H2,1-3H3,(H,26,31)(H,28,30)/t20-/m0/s1. The van der Waals surface area contributed by atoms with Crippen LogP contribution in [0.1, 0.15) is 55.7 Å². The van der Waals surface area contributed by atoms with Crippen molar-refractivity contribution in [1.29, 1.82) is 0 Å². The first-order chi connectivity index (χ1) is 15.3. The van der Waals surface area contributed by atoms with Crippen molar-refractivity contribution < 1.29 is 14.3 Å². The number of pyridine rings is 1. The SMILES string of the molecule is CC(C)(C)OC(=O)NCCC[C@H](NC(=O)c1cc(-n2cccn2)ccn1)c1ccccc1. The van der Waals surface area contributed by atoms with Crippen molar-refractivity contribution in [3.63, 3.8) is 0 Å². The number of carbonyl (C=O) groups is 2. The number of nitrogens with zero attached hydrogens (tertiary/aromatic N) is 3. The molecule has 0 fully saturated rings. The fourth-order valence-corrected chi connectivity index (χ4v) is 3.16. The van der Waals surface area contributed by atoms with Gasteiger partial charge in [-0.2, -0.15) is 5.10 Å². The number of hydrogen-bond donors (Lipinski definition) is 2. The van der Waals surface area contributed by atoms with Crippen molar-refractivity contribution in [1.82, 2.24) is 25.4 Å². The van der Waals surface area contributed by atoms with Crippen LogP contribution in [0.3, 0.4) is 0 Å². The Morgan fingerprint density at radius 1 is 1.09 bits per heavy atom. The lowest BCUT2D eigenvalue weighted by Gasteiger charge is -2.21. The van der Waals surface area contributed by atoms with Gasteiger partial charge in [-0.05, 0) is 57.4 Å². The number of amides is 2. The molecule has 0 spiro atoms. The lowest BCUT2D eigenvalue weighted by atomic mass is 10.0. The van der Waals surface area contributed by atoms with Gasteiger partial charge in [-0.25, -0.2) is 9.48 Å². The van der Waals surface area contributed by atoms with E-state index in [4.69, 9.17) is 4.74 Å². The minimum absolute atomic E-state index is 0.223. The first kappa shape index (κ1) is 23.0. The monoisotopic (exact) mass is 435 g/mol. The first-order valence-corrected chi connectivity index (χ1v) is 10.6. The molecule has 2 heterocycles.